The summed E-state index contributed by atoms with van der Waals surface area (Å²) in [6.45, 7) is 1.82. The minimum Gasteiger partial charge on any atom is -0.325 e. The Bertz CT molecular complexity index is 1170. The van der Waals surface area contributed by atoms with Crippen LogP contribution in [0.15, 0.2) is 45.7 Å². The van der Waals surface area contributed by atoms with Crippen LogP contribution in [-0.4, -0.2) is 35.9 Å². The van der Waals surface area contributed by atoms with Crippen LogP contribution in [0.2, 0.25) is 0 Å². The van der Waals surface area contributed by atoms with Crippen molar-refractivity contribution in [3.05, 3.63) is 56.9 Å². The summed E-state index contributed by atoms with van der Waals surface area (Å²) < 4.78 is 1.92. The van der Waals surface area contributed by atoms with E-state index in [2.05, 4.69) is 31.5 Å². The van der Waals surface area contributed by atoms with E-state index < -0.39 is 0 Å². The Morgan fingerprint density at radius 3 is 2.89 bits per heavy atom. The Balaban J connectivity index is 1.42. The normalized spacial score (nSPS) is 12.4. The molecule has 0 fully saturated rings. The summed E-state index contributed by atoms with van der Waals surface area (Å²) in [5.41, 5.74) is 1.69. The molecule has 0 radical (unpaired) electrons. The van der Waals surface area contributed by atoms with Gasteiger partial charge in [-0.2, -0.15) is 0 Å². The van der Waals surface area contributed by atoms with E-state index >= 15 is 0 Å². The summed E-state index contributed by atoms with van der Waals surface area (Å²) in [5.74, 6) is 0.712. The molecule has 1 aromatic carbocycles. The highest BCUT2D eigenvalue weighted by Crippen LogP contribution is 2.24. The number of aromatic amines is 2. The third-order valence-electron chi connectivity index (χ3n) is 4.27. The van der Waals surface area contributed by atoms with Crippen molar-refractivity contribution in [1.82, 2.24) is 24.7 Å². The zero-order valence-corrected chi connectivity index (χ0v) is 16.9. The first-order valence-corrected chi connectivity index (χ1v) is 10.4. The molecule has 3 aromatic heterocycles. The molecule has 1 atom stereocenters. The van der Waals surface area contributed by atoms with E-state index in [9.17, 15) is 9.59 Å². The van der Waals surface area contributed by atoms with Crippen molar-refractivity contribution < 1.29 is 4.79 Å². The van der Waals surface area contributed by atoms with Crippen molar-refractivity contribution in [3.63, 3.8) is 0 Å². The second-order valence-corrected chi connectivity index (χ2v) is 8.64. The average Bonchev–Trinajstić information content (AvgIpc) is 3.38. The van der Waals surface area contributed by atoms with Crippen molar-refractivity contribution in [2.75, 3.05) is 5.32 Å². The van der Waals surface area contributed by atoms with Gasteiger partial charge in [0, 0.05) is 24.0 Å². The van der Waals surface area contributed by atoms with E-state index in [0.717, 1.165) is 12.2 Å². The lowest BCUT2D eigenvalue weighted by Gasteiger charge is -2.11. The van der Waals surface area contributed by atoms with Crippen LogP contribution in [0.4, 0.5) is 5.69 Å². The fraction of sp³-hybridized carbons (Fsp3) is 0.222. The van der Waals surface area contributed by atoms with E-state index in [-0.39, 0.29) is 16.8 Å². The quantitative estimate of drug-likeness (QED) is 0.421. The lowest BCUT2D eigenvalue weighted by atomic mass is 10.2. The third kappa shape index (κ3) is 3.87. The number of imidazole rings is 1. The summed E-state index contributed by atoms with van der Waals surface area (Å²) >= 11 is 3.04. The summed E-state index contributed by atoms with van der Waals surface area (Å²) in [7, 11) is 1.91. The molecule has 0 saturated carbocycles. The molecule has 10 heteroatoms. The molecule has 0 aliphatic carbocycles. The molecule has 0 unspecified atom stereocenters. The van der Waals surface area contributed by atoms with Gasteiger partial charge < -0.3 is 19.9 Å². The van der Waals surface area contributed by atoms with Crippen LogP contribution in [0.3, 0.4) is 0 Å². The van der Waals surface area contributed by atoms with Crippen LogP contribution in [-0.2, 0) is 18.3 Å². The lowest BCUT2D eigenvalue weighted by molar-refractivity contribution is -0.115. The SMILES string of the molecule is C[C@@H](Sc1nnc(Cc2cccs2)n1C)C(=O)Nc1ccc2[nH]c(=O)[nH]c2c1. The monoisotopic (exact) mass is 414 g/mol. The minimum atomic E-state index is -0.363. The molecule has 3 heterocycles. The first-order chi connectivity index (χ1) is 13.5. The number of H-pyrrole nitrogens is 2. The van der Waals surface area contributed by atoms with Gasteiger partial charge in [0.15, 0.2) is 5.16 Å². The van der Waals surface area contributed by atoms with Gasteiger partial charge in [-0.25, -0.2) is 4.79 Å². The van der Waals surface area contributed by atoms with Gasteiger partial charge in [-0.05, 0) is 36.6 Å². The highest BCUT2D eigenvalue weighted by atomic mass is 32.2. The fourth-order valence-electron chi connectivity index (χ4n) is 2.74. The van der Waals surface area contributed by atoms with Gasteiger partial charge in [-0.3, -0.25) is 4.79 Å². The van der Waals surface area contributed by atoms with E-state index in [1.165, 1.54) is 16.6 Å². The predicted octanol–water partition coefficient (Wildman–Crippen LogP) is 2.76. The number of aromatic nitrogens is 5. The number of carbonyl (C=O) groups is 1. The maximum atomic E-state index is 12.6. The maximum Gasteiger partial charge on any atom is 0.323 e. The number of carbonyl (C=O) groups excluding carboxylic acids is 1. The Morgan fingerprint density at radius 2 is 2.11 bits per heavy atom. The standard InChI is InChI=1S/C18H18N6O2S2/c1-10(16(25)19-11-5-6-13-14(8-11)21-17(26)20-13)28-18-23-22-15(24(18)2)9-12-4-3-7-27-12/h3-8,10H,9H2,1-2H3,(H,19,25)(H2,20,21,26)/t10-/m1/s1. The summed E-state index contributed by atoms with van der Waals surface area (Å²) in [6, 6.07) is 9.31. The van der Waals surface area contributed by atoms with Gasteiger partial charge in [0.05, 0.1) is 16.3 Å². The van der Waals surface area contributed by atoms with Crippen LogP contribution in [0.1, 0.15) is 17.6 Å². The summed E-state index contributed by atoms with van der Waals surface area (Å²) in [4.78, 5) is 30.5. The molecular weight excluding hydrogens is 396 g/mol. The van der Waals surface area contributed by atoms with Crippen molar-refractivity contribution in [2.24, 2.45) is 7.05 Å². The van der Waals surface area contributed by atoms with E-state index in [1.54, 1.807) is 29.5 Å². The van der Waals surface area contributed by atoms with Crippen LogP contribution in [0, 0.1) is 0 Å². The van der Waals surface area contributed by atoms with Gasteiger partial charge in [-0.15, -0.1) is 21.5 Å². The number of rotatable bonds is 6. The number of nitrogens with zero attached hydrogens (tertiary/aromatic N) is 3. The number of fused-ring (bicyclic) bond motifs is 1. The average molecular weight is 415 g/mol. The van der Waals surface area contributed by atoms with Crippen LogP contribution in [0.5, 0.6) is 0 Å². The molecule has 0 aliphatic heterocycles. The number of nitrogens with one attached hydrogen (secondary N) is 3. The molecule has 0 saturated heterocycles. The molecule has 0 bridgehead atoms. The van der Waals surface area contributed by atoms with Crippen molar-refractivity contribution in [1.29, 1.82) is 0 Å². The number of hydrogen-bond acceptors (Lipinski definition) is 6. The molecule has 28 heavy (non-hydrogen) atoms. The molecule has 8 nitrogen and oxygen atoms in total. The smallest absolute Gasteiger partial charge is 0.323 e. The van der Waals surface area contributed by atoms with Crippen LogP contribution < -0.4 is 11.0 Å². The molecule has 4 rings (SSSR count). The molecular formula is C18H18N6O2S2. The summed E-state index contributed by atoms with van der Waals surface area (Å²) in [5, 5.41) is 13.7. The second kappa shape index (κ2) is 7.64. The van der Waals surface area contributed by atoms with Crippen LogP contribution >= 0.6 is 23.1 Å². The number of thiophene rings is 1. The summed E-state index contributed by atoms with van der Waals surface area (Å²) in [6.07, 6.45) is 0.719. The highest BCUT2D eigenvalue weighted by Gasteiger charge is 2.19. The Kier molecular flexibility index (Phi) is 5.05. The molecule has 1 amide bonds. The zero-order valence-electron chi connectivity index (χ0n) is 15.2. The van der Waals surface area contributed by atoms with Crippen LogP contribution in [0.25, 0.3) is 11.0 Å². The first kappa shape index (κ1) is 18.5. The van der Waals surface area contributed by atoms with E-state index in [4.69, 9.17) is 0 Å². The van der Waals surface area contributed by atoms with Gasteiger partial charge in [0.25, 0.3) is 0 Å². The van der Waals surface area contributed by atoms with Gasteiger partial charge >= 0.3 is 5.69 Å². The first-order valence-electron chi connectivity index (χ1n) is 8.60. The van der Waals surface area contributed by atoms with E-state index in [0.29, 0.717) is 21.9 Å². The lowest BCUT2D eigenvalue weighted by Crippen LogP contribution is -2.22. The van der Waals surface area contributed by atoms with Crippen molar-refractivity contribution >= 4 is 45.7 Å². The minimum absolute atomic E-state index is 0.148. The number of amides is 1. The Morgan fingerprint density at radius 1 is 1.29 bits per heavy atom. The molecule has 4 aromatic rings. The molecule has 144 valence electrons. The number of benzene rings is 1. The van der Waals surface area contributed by atoms with Crippen molar-refractivity contribution in [2.45, 2.75) is 23.8 Å². The molecule has 0 spiro atoms. The maximum absolute atomic E-state index is 12.6. The Hall–Kier alpha value is -2.85. The highest BCUT2D eigenvalue weighted by molar-refractivity contribution is 8.00. The predicted molar refractivity (Wildman–Crippen MR) is 111 cm³/mol. The number of thioether (sulfide) groups is 1. The zero-order chi connectivity index (χ0) is 19.7. The number of anilines is 1. The van der Waals surface area contributed by atoms with Crippen molar-refractivity contribution in [3.8, 4) is 0 Å². The molecule has 0 aliphatic rings. The third-order valence-corrected chi connectivity index (χ3v) is 6.28. The fourth-order valence-corrected chi connectivity index (χ4v) is 4.27. The van der Waals surface area contributed by atoms with Gasteiger partial charge in [0.1, 0.15) is 5.82 Å². The van der Waals surface area contributed by atoms with Gasteiger partial charge in [0.2, 0.25) is 5.91 Å². The Labute approximate surface area is 168 Å². The molecule has 3 N–H and O–H groups in total. The topological polar surface area (TPSA) is 108 Å². The van der Waals surface area contributed by atoms with Gasteiger partial charge in [-0.1, -0.05) is 17.8 Å². The largest absolute Gasteiger partial charge is 0.325 e. The second-order valence-electron chi connectivity index (χ2n) is 6.30. The van der Waals surface area contributed by atoms with E-state index in [1.807, 2.05) is 30.0 Å². The number of hydrogen-bond donors (Lipinski definition) is 3.